The molecule has 0 heterocycles. The van der Waals surface area contributed by atoms with Crippen LogP contribution in [0.1, 0.15) is 13.8 Å². The van der Waals surface area contributed by atoms with Crippen LogP contribution in [-0.4, -0.2) is 66.3 Å². The van der Waals surface area contributed by atoms with Crippen molar-refractivity contribution in [2.24, 2.45) is 0 Å². The maximum atomic E-state index is 9.60. The number of hydrogen-bond acceptors (Lipinski definition) is 6. The quantitative estimate of drug-likeness (QED) is 0.251. The normalized spacial score (nSPS) is 60.0. The summed E-state index contributed by atoms with van der Waals surface area (Å²) in [4.78, 5) is 0. The van der Waals surface area contributed by atoms with E-state index in [1.807, 2.05) is 0 Å². The monoisotopic (exact) mass is 208 g/mol. The van der Waals surface area contributed by atoms with E-state index in [0.717, 1.165) is 13.8 Å². The average Bonchev–Trinajstić information content (AvgIpc) is 2.11. The van der Waals surface area contributed by atoms with Gasteiger partial charge in [-0.15, -0.1) is 0 Å². The van der Waals surface area contributed by atoms with Gasteiger partial charge in [-0.05, 0) is 13.8 Å². The fourth-order valence-corrected chi connectivity index (χ4v) is 1.78. The first-order valence-electron chi connectivity index (χ1n) is 4.30. The lowest BCUT2D eigenvalue weighted by molar-refractivity contribution is -0.294. The Kier molecular flexibility index (Phi) is 2.64. The van der Waals surface area contributed by atoms with Crippen LogP contribution in [0.2, 0.25) is 0 Å². The highest BCUT2D eigenvalue weighted by atomic mass is 16.4. The van der Waals surface area contributed by atoms with Gasteiger partial charge in [0.25, 0.3) is 0 Å². The molecule has 1 rings (SSSR count). The summed E-state index contributed by atoms with van der Waals surface area (Å²) >= 11 is 0. The number of rotatable bonds is 0. The molecule has 0 aliphatic heterocycles. The van der Waals surface area contributed by atoms with E-state index in [0.29, 0.717) is 0 Å². The number of hydrogen-bond donors (Lipinski definition) is 6. The highest BCUT2D eigenvalue weighted by Gasteiger charge is 2.60. The summed E-state index contributed by atoms with van der Waals surface area (Å²) in [6, 6.07) is 0. The van der Waals surface area contributed by atoms with Gasteiger partial charge >= 0.3 is 0 Å². The van der Waals surface area contributed by atoms with Crippen molar-refractivity contribution in [3.8, 4) is 0 Å². The summed E-state index contributed by atoms with van der Waals surface area (Å²) in [6.07, 6.45) is -6.88. The summed E-state index contributed by atoms with van der Waals surface area (Å²) in [7, 11) is 0. The maximum absolute atomic E-state index is 9.60. The molecule has 14 heavy (non-hydrogen) atoms. The highest BCUT2D eigenvalue weighted by molar-refractivity contribution is 5.11. The van der Waals surface area contributed by atoms with Crippen LogP contribution in [0, 0.1) is 0 Å². The molecule has 0 radical (unpaired) electrons. The Hall–Kier alpha value is -0.240. The largest absolute Gasteiger partial charge is 0.387 e. The Morgan fingerprint density at radius 1 is 0.786 bits per heavy atom. The van der Waals surface area contributed by atoms with E-state index in [1.165, 1.54) is 0 Å². The molecule has 1 aliphatic rings. The van der Waals surface area contributed by atoms with Gasteiger partial charge in [-0.2, -0.15) is 0 Å². The van der Waals surface area contributed by atoms with E-state index in [4.69, 9.17) is 0 Å². The van der Waals surface area contributed by atoms with Crippen LogP contribution < -0.4 is 0 Å². The molecule has 2 unspecified atom stereocenters. The average molecular weight is 208 g/mol. The van der Waals surface area contributed by atoms with Crippen LogP contribution in [0.4, 0.5) is 0 Å². The second-order valence-corrected chi connectivity index (χ2v) is 4.23. The van der Waals surface area contributed by atoms with Gasteiger partial charge < -0.3 is 30.6 Å². The second kappa shape index (κ2) is 3.13. The zero-order valence-electron chi connectivity index (χ0n) is 7.99. The maximum Gasteiger partial charge on any atom is 0.119 e. The third-order valence-corrected chi connectivity index (χ3v) is 2.95. The molecule has 0 saturated heterocycles. The molecule has 1 fully saturated rings. The van der Waals surface area contributed by atoms with Gasteiger partial charge in [-0.3, -0.25) is 0 Å². The topological polar surface area (TPSA) is 121 Å². The van der Waals surface area contributed by atoms with Crippen molar-refractivity contribution < 1.29 is 30.6 Å². The SMILES string of the molecule is C[C@]1(O)C(O)[C@@](C)(O)[C@H](O)C(O)[C@@H]1O. The van der Waals surface area contributed by atoms with Crippen LogP contribution >= 0.6 is 0 Å². The van der Waals surface area contributed by atoms with Crippen LogP contribution in [0.25, 0.3) is 0 Å². The van der Waals surface area contributed by atoms with Crippen LogP contribution in [0.3, 0.4) is 0 Å². The van der Waals surface area contributed by atoms with Crippen LogP contribution in [-0.2, 0) is 0 Å². The first kappa shape index (κ1) is 11.8. The smallest absolute Gasteiger partial charge is 0.119 e. The molecule has 1 saturated carbocycles. The Bertz CT molecular complexity index is 204. The number of aliphatic hydroxyl groups excluding tert-OH is 4. The van der Waals surface area contributed by atoms with Crippen molar-refractivity contribution in [3.63, 3.8) is 0 Å². The zero-order chi connectivity index (χ0) is 11.3. The molecule has 0 bridgehead atoms. The van der Waals surface area contributed by atoms with Crippen molar-refractivity contribution in [1.82, 2.24) is 0 Å². The standard InChI is InChI=1S/C8H16O6/c1-7(13)4(10)3(9)5(11)8(2,14)6(7)12/h3-6,9-14H,1-2H3/t3?,4-,5+,6?,7+,8-. The van der Waals surface area contributed by atoms with Crippen LogP contribution in [0.15, 0.2) is 0 Å². The van der Waals surface area contributed by atoms with Gasteiger partial charge in [-0.1, -0.05) is 0 Å². The van der Waals surface area contributed by atoms with E-state index in [1.54, 1.807) is 0 Å². The summed E-state index contributed by atoms with van der Waals surface area (Å²) < 4.78 is 0. The van der Waals surface area contributed by atoms with Gasteiger partial charge in [0.15, 0.2) is 0 Å². The Morgan fingerprint density at radius 3 is 1.36 bits per heavy atom. The summed E-state index contributed by atoms with van der Waals surface area (Å²) in [5.41, 5.74) is -4.13. The molecule has 0 aromatic heterocycles. The minimum atomic E-state index is -2.07. The first-order valence-corrected chi connectivity index (χ1v) is 4.30. The predicted molar refractivity (Wildman–Crippen MR) is 45.3 cm³/mol. The lowest BCUT2D eigenvalue weighted by atomic mass is 9.69. The third-order valence-electron chi connectivity index (χ3n) is 2.95. The van der Waals surface area contributed by atoms with Gasteiger partial charge in [-0.25, -0.2) is 0 Å². The van der Waals surface area contributed by atoms with E-state index in [-0.39, 0.29) is 0 Å². The Labute approximate surface area is 81.1 Å². The summed E-state index contributed by atoms with van der Waals surface area (Å²) in [5.74, 6) is 0. The molecule has 6 heteroatoms. The van der Waals surface area contributed by atoms with E-state index in [9.17, 15) is 30.6 Å². The third kappa shape index (κ3) is 1.35. The first-order chi connectivity index (χ1) is 6.13. The van der Waals surface area contributed by atoms with E-state index < -0.39 is 35.6 Å². The molecule has 84 valence electrons. The second-order valence-electron chi connectivity index (χ2n) is 4.23. The zero-order valence-corrected chi connectivity index (χ0v) is 7.99. The van der Waals surface area contributed by atoms with Gasteiger partial charge in [0.1, 0.15) is 35.6 Å². The molecule has 1 aliphatic carbocycles. The number of aliphatic hydroxyl groups is 6. The molecular formula is C8H16O6. The Morgan fingerprint density at radius 2 is 1.07 bits per heavy atom. The Balaban J connectivity index is 3.09. The molecule has 6 nitrogen and oxygen atoms in total. The summed E-state index contributed by atoms with van der Waals surface area (Å²) in [5, 5.41) is 56.7. The molecule has 0 aromatic rings. The van der Waals surface area contributed by atoms with Crippen molar-refractivity contribution >= 4 is 0 Å². The van der Waals surface area contributed by atoms with E-state index in [2.05, 4.69) is 0 Å². The lowest BCUT2D eigenvalue weighted by Gasteiger charge is -2.51. The van der Waals surface area contributed by atoms with Gasteiger partial charge in [0.05, 0.1) is 0 Å². The molecule has 0 spiro atoms. The lowest BCUT2D eigenvalue weighted by Crippen LogP contribution is -2.74. The van der Waals surface area contributed by atoms with Crippen molar-refractivity contribution in [1.29, 1.82) is 0 Å². The minimum absolute atomic E-state index is 1.08. The molecular weight excluding hydrogens is 192 g/mol. The molecule has 0 aromatic carbocycles. The minimum Gasteiger partial charge on any atom is -0.387 e. The predicted octanol–water partition coefficient (Wildman–Crippen LogP) is -3.05. The molecule has 6 atom stereocenters. The van der Waals surface area contributed by atoms with Crippen molar-refractivity contribution in [2.45, 2.75) is 49.5 Å². The van der Waals surface area contributed by atoms with Gasteiger partial charge in [0, 0.05) is 0 Å². The summed E-state index contributed by atoms with van der Waals surface area (Å²) in [6.45, 7) is 2.15. The highest BCUT2D eigenvalue weighted by Crippen LogP contribution is 2.36. The fourth-order valence-electron chi connectivity index (χ4n) is 1.78. The van der Waals surface area contributed by atoms with Gasteiger partial charge in [0.2, 0.25) is 0 Å². The van der Waals surface area contributed by atoms with Crippen molar-refractivity contribution in [3.05, 3.63) is 0 Å². The molecule has 6 N–H and O–H groups in total. The van der Waals surface area contributed by atoms with Crippen LogP contribution in [0.5, 0.6) is 0 Å². The molecule has 0 amide bonds. The van der Waals surface area contributed by atoms with Crippen molar-refractivity contribution in [2.75, 3.05) is 0 Å². The van der Waals surface area contributed by atoms with E-state index >= 15 is 0 Å². The fraction of sp³-hybridized carbons (Fsp3) is 1.00.